The van der Waals surface area contributed by atoms with E-state index in [0.29, 0.717) is 6.04 Å². The van der Waals surface area contributed by atoms with Crippen molar-refractivity contribution in [2.75, 3.05) is 18.1 Å². The normalized spacial score (nSPS) is 20.2. The van der Waals surface area contributed by atoms with Gasteiger partial charge in [-0.05, 0) is 12.8 Å². The van der Waals surface area contributed by atoms with Crippen LogP contribution in [0.2, 0.25) is 0 Å². The first-order chi connectivity index (χ1) is 9.70. The molecule has 20 heavy (non-hydrogen) atoms. The van der Waals surface area contributed by atoms with E-state index in [2.05, 4.69) is 34.0 Å². The Morgan fingerprint density at radius 2 is 2.05 bits per heavy atom. The summed E-state index contributed by atoms with van der Waals surface area (Å²) in [6.07, 6.45) is 8.35. The first-order valence-electron chi connectivity index (χ1n) is 7.62. The van der Waals surface area contributed by atoms with Crippen LogP contribution in [-0.2, 0) is 6.54 Å². The summed E-state index contributed by atoms with van der Waals surface area (Å²) in [5.41, 5.74) is 1.10. The molecule has 0 saturated carbocycles. The van der Waals surface area contributed by atoms with E-state index in [-0.39, 0.29) is 12.6 Å². The zero-order valence-electron chi connectivity index (χ0n) is 12.5. The van der Waals surface area contributed by atoms with Gasteiger partial charge in [-0.15, -0.1) is 0 Å². The molecule has 2 N–H and O–H groups in total. The van der Waals surface area contributed by atoms with Gasteiger partial charge in [0.05, 0.1) is 12.6 Å². The number of nitrogens with zero attached hydrogens (tertiary/aromatic N) is 3. The van der Waals surface area contributed by atoms with Crippen LogP contribution in [-0.4, -0.2) is 40.3 Å². The van der Waals surface area contributed by atoms with E-state index in [4.69, 9.17) is 0 Å². The number of aromatic nitrogens is 2. The van der Waals surface area contributed by atoms with Crippen LogP contribution in [0.5, 0.6) is 0 Å². The third-order valence-corrected chi connectivity index (χ3v) is 3.75. The Bertz CT molecular complexity index is 393. The van der Waals surface area contributed by atoms with Gasteiger partial charge < -0.3 is 15.3 Å². The van der Waals surface area contributed by atoms with Crippen molar-refractivity contribution in [1.29, 1.82) is 0 Å². The molecule has 112 valence electrons. The molecule has 0 aliphatic carbocycles. The number of nitrogens with one attached hydrogen (secondary N) is 1. The van der Waals surface area contributed by atoms with Crippen LogP contribution in [0.4, 0.5) is 5.95 Å². The average Bonchev–Trinajstić information content (AvgIpc) is 2.70. The Morgan fingerprint density at radius 1 is 1.30 bits per heavy atom. The van der Waals surface area contributed by atoms with Crippen molar-refractivity contribution in [3.8, 4) is 0 Å². The molecule has 1 aliphatic heterocycles. The van der Waals surface area contributed by atoms with Gasteiger partial charge >= 0.3 is 0 Å². The van der Waals surface area contributed by atoms with E-state index in [1.165, 1.54) is 12.8 Å². The van der Waals surface area contributed by atoms with Crippen LogP contribution < -0.4 is 10.2 Å². The molecule has 2 rings (SSSR count). The lowest BCUT2D eigenvalue weighted by Gasteiger charge is -2.28. The Balaban J connectivity index is 2.03. The summed E-state index contributed by atoms with van der Waals surface area (Å²) in [6, 6.07) is 0.621. The Labute approximate surface area is 121 Å². The molecule has 1 unspecified atom stereocenters. The van der Waals surface area contributed by atoms with Crippen molar-refractivity contribution >= 4 is 5.95 Å². The number of anilines is 1. The molecule has 0 amide bonds. The third kappa shape index (κ3) is 4.15. The zero-order valence-corrected chi connectivity index (χ0v) is 12.5. The van der Waals surface area contributed by atoms with Crippen LogP contribution in [0, 0.1) is 0 Å². The fourth-order valence-electron chi connectivity index (χ4n) is 2.54. The molecular weight excluding hydrogens is 252 g/mol. The van der Waals surface area contributed by atoms with Crippen molar-refractivity contribution in [2.45, 2.75) is 58.2 Å². The van der Waals surface area contributed by atoms with Gasteiger partial charge in [0.1, 0.15) is 0 Å². The topological polar surface area (TPSA) is 61.3 Å². The summed E-state index contributed by atoms with van der Waals surface area (Å²) in [5.74, 6) is 0.749. The molecule has 5 heteroatoms. The van der Waals surface area contributed by atoms with Crippen molar-refractivity contribution in [2.24, 2.45) is 0 Å². The molecular formula is C15H26N4O. The Kier molecular flexibility index (Phi) is 5.73. The summed E-state index contributed by atoms with van der Waals surface area (Å²) < 4.78 is 0. The number of rotatable bonds is 5. The summed E-state index contributed by atoms with van der Waals surface area (Å²) >= 11 is 0. The van der Waals surface area contributed by atoms with Crippen LogP contribution in [0.3, 0.4) is 0 Å². The van der Waals surface area contributed by atoms with Crippen molar-refractivity contribution in [3.63, 3.8) is 0 Å². The highest BCUT2D eigenvalue weighted by Crippen LogP contribution is 2.20. The van der Waals surface area contributed by atoms with E-state index in [1.54, 1.807) is 0 Å². The monoisotopic (exact) mass is 278 g/mol. The lowest BCUT2D eigenvalue weighted by Crippen LogP contribution is -2.38. The van der Waals surface area contributed by atoms with E-state index in [1.807, 2.05) is 12.4 Å². The summed E-state index contributed by atoms with van der Waals surface area (Å²) in [5, 5.41) is 12.9. The molecule has 1 aromatic rings. The van der Waals surface area contributed by atoms with Gasteiger partial charge in [0.15, 0.2) is 0 Å². The lowest BCUT2D eigenvalue weighted by atomic mass is 10.1. The van der Waals surface area contributed by atoms with Crippen LogP contribution in [0.1, 0.15) is 45.1 Å². The molecule has 1 aliphatic rings. The van der Waals surface area contributed by atoms with Gasteiger partial charge in [0, 0.05) is 37.1 Å². The standard InChI is InChI=1S/C15H26N4O/c1-12(2)16-8-13-9-17-15(18-10-13)19-7-5-3-4-6-14(19)11-20/h9-10,12,14,16,20H,3-8,11H2,1-2H3. The summed E-state index contributed by atoms with van der Waals surface area (Å²) in [7, 11) is 0. The maximum atomic E-state index is 9.54. The first-order valence-corrected chi connectivity index (χ1v) is 7.62. The summed E-state index contributed by atoms with van der Waals surface area (Å²) in [4.78, 5) is 11.1. The molecule has 0 aromatic carbocycles. The molecule has 1 fully saturated rings. The molecule has 0 spiro atoms. The number of aliphatic hydroxyl groups is 1. The van der Waals surface area contributed by atoms with Crippen LogP contribution in [0.15, 0.2) is 12.4 Å². The first kappa shape index (κ1) is 15.2. The van der Waals surface area contributed by atoms with Gasteiger partial charge in [0.25, 0.3) is 0 Å². The van der Waals surface area contributed by atoms with Crippen LogP contribution >= 0.6 is 0 Å². The molecule has 2 heterocycles. The second kappa shape index (κ2) is 7.55. The van der Waals surface area contributed by atoms with Crippen molar-refractivity contribution in [1.82, 2.24) is 15.3 Å². The van der Waals surface area contributed by atoms with E-state index < -0.39 is 0 Å². The fraction of sp³-hybridized carbons (Fsp3) is 0.733. The van der Waals surface area contributed by atoms with Crippen molar-refractivity contribution in [3.05, 3.63) is 18.0 Å². The Hall–Kier alpha value is -1.20. The van der Waals surface area contributed by atoms with Gasteiger partial charge in [-0.25, -0.2) is 9.97 Å². The lowest BCUT2D eigenvalue weighted by molar-refractivity contribution is 0.254. The smallest absolute Gasteiger partial charge is 0.225 e. The minimum absolute atomic E-state index is 0.164. The molecule has 5 nitrogen and oxygen atoms in total. The second-order valence-electron chi connectivity index (χ2n) is 5.81. The van der Waals surface area contributed by atoms with Gasteiger partial charge in [-0.3, -0.25) is 0 Å². The highest BCUT2D eigenvalue weighted by Gasteiger charge is 2.22. The quantitative estimate of drug-likeness (QED) is 0.858. The zero-order chi connectivity index (χ0) is 14.4. The van der Waals surface area contributed by atoms with Gasteiger partial charge in [0.2, 0.25) is 5.95 Å². The molecule has 1 aromatic heterocycles. The fourth-order valence-corrected chi connectivity index (χ4v) is 2.54. The molecule has 0 bridgehead atoms. The molecule has 0 radical (unpaired) electrons. The van der Waals surface area contributed by atoms with E-state index >= 15 is 0 Å². The maximum Gasteiger partial charge on any atom is 0.225 e. The average molecular weight is 278 g/mol. The molecule has 1 saturated heterocycles. The SMILES string of the molecule is CC(C)NCc1cnc(N2CCCCCC2CO)nc1. The van der Waals surface area contributed by atoms with E-state index in [9.17, 15) is 5.11 Å². The highest BCUT2D eigenvalue weighted by atomic mass is 16.3. The van der Waals surface area contributed by atoms with Crippen LogP contribution in [0.25, 0.3) is 0 Å². The predicted octanol–water partition coefficient (Wildman–Crippen LogP) is 1.72. The summed E-state index contributed by atoms with van der Waals surface area (Å²) in [6.45, 7) is 6.16. The largest absolute Gasteiger partial charge is 0.394 e. The number of hydrogen-bond acceptors (Lipinski definition) is 5. The number of aliphatic hydroxyl groups excluding tert-OH is 1. The highest BCUT2D eigenvalue weighted by molar-refractivity contribution is 5.32. The van der Waals surface area contributed by atoms with E-state index in [0.717, 1.165) is 37.4 Å². The third-order valence-electron chi connectivity index (χ3n) is 3.75. The Morgan fingerprint density at radius 3 is 2.70 bits per heavy atom. The van der Waals surface area contributed by atoms with Crippen molar-refractivity contribution < 1.29 is 5.11 Å². The molecule has 1 atom stereocenters. The number of hydrogen-bond donors (Lipinski definition) is 2. The minimum atomic E-state index is 0.164. The van der Waals surface area contributed by atoms with Gasteiger partial charge in [-0.2, -0.15) is 0 Å². The minimum Gasteiger partial charge on any atom is -0.394 e. The second-order valence-corrected chi connectivity index (χ2v) is 5.81. The predicted molar refractivity (Wildman–Crippen MR) is 80.7 cm³/mol. The van der Waals surface area contributed by atoms with Gasteiger partial charge in [-0.1, -0.05) is 26.7 Å². The maximum absolute atomic E-state index is 9.54.